The van der Waals surface area contributed by atoms with Crippen LogP contribution in [-0.4, -0.2) is 41.8 Å². The van der Waals surface area contributed by atoms with Gasteiger partial charge in [0.05, 0.1) is 0 Å². The highest BCUT2D eigenvalue weighted by Gasteiger charge is 2.35. The lowest BCUT2D eigenvalue weighted by molar-refractivity contribution is 0.0301. The van der Waals surface area contributed by atoms with Gasteiger partial charge in [0.1, 0.15) is 5.60 Å². The predicted octanol–water partition coefficient (Wildman–Crippen LogP) is 2.77. The number of rotatable bonds is 2. The molecule has 2 rings (SSSR count). The largest absolute Gasteiger partial charge is 0.444 e. The predicted molar refractivity (Wildman–Crippen MR) is 76.2 cm³/mol. The van der Waals surface area contributed by atoms with E-state index in [9.17, 15) is 4.79 Å². The molecule has 2 fully saturated rings. The van der Waals surface area contributed by atoms with Crippen molar-refractivity contribution in [3.8, 4) is 0 Å². The second-order valence-corrected chi connectivity index (χ2v) is 7.10. The molecular weight excluding hydrogens is 240 g/mol. The van der Waals surface area contributed by atoms with Crippen LogP contribution < -0.4 is 5.32 Å². The molecule has 0 aromatic rings. The monoisotopic (exact) mass is 268 g/mol. The van der Waals surface area contributed by atoms with Crippen LogP contribution in [0, 0.1) is 5.92 Å². The van der Waals surface area contributed by atoms with Gasteiger partial charge in [-0.25, -0.2) is 4.79 Å². The zero-order valence-electron chi connectivity index (χ0n) is 12.7. The standard InChI is InChI=1S/C15H28N2O2/c1-11-7-8-13(11)17-9-5-6-12(10-17)16-14(18)19-15(2,3)4/h11-13H,5-10H2,1-4H3,(H,16,18). The highest BCUT2D eigenvalue weighted by atomic mass is 16.6. The molecule has 1 amide bonds. The van der Waals surface area contributed by atoms with Gasteiger partial charge in [-0.3, -0.25) is 4.90 Å². The Labute approximate surface area is 116 Å². The van der Waals surface area contributed by atoms with Crippen LogP contribution in [0.2, 0.25) is 0 Å². The topological polar surface area (TPSA) is 41.6 Å². The molecule has 4 nitrogen and oxygen atoms in total. The molecule has 0 aromatic carbocycles. The smallest absolute Gasteiger partial charge is 0.407 e. The summed E-state index contributed by atoms with van der Waals surface area (Å²) in [4.78, 5) is 14.4. The molecule has 19 heavy (non-hydrogen) atoms. The number of ether oxygens (including phenoxy) is 1. The van der Waals surface area contributed by atoms with Gasteiger partial charge in [-0.1, -0.05) is 6.92 Å². The average Bonchev–Trinajstić information content (AvgIpc) is 2.24. The van der Waals surface area contributed by atoms with Gasteiger partial charge in [0.2, 0.25) is 0 Å². The molecule has 0 spiro atoms. The summed E-state index contributed by atoms with van der Waals surface area (Å²) in [5, 5.41) is 3.02. The second kappa shape index (κ2) is 5.70. The van der Waals surface area contributed by atoms with Crippen LogP contribution in [0.1, 0.15) is 53.4 Å². The Morgan fingerprint density at radius 1 is 1.26 bits per heavy atom. The minimum atomic E-state index is -0.416. The maximum absolute atomic E-state index is 11.8. The maximum atomic E-state index is 11.8. The van der Waals surface area contributed by atoms with E-state index in [1.807, 2.05) is 20.8 Å². The van der Waals surface area contributed by atoms with Gasteiger partial charge in [0, 0.05) is 18.6 Å². The van der Waals surface area contributed by atoms with Crippen LogP contribution in [-0.2, 0) is 4.74 Å². The van der Waals surface area contributed by atoms with Crippen molar-refractivity contribution in [1.82, 2.24) is 10.2 Å². The number of nitrogens with zero attached hydrogens (tertiary/aromatic N) is 1. The molecule has 1 N–H and O–H groups in total. The lowest BCUT2D eigenvalue weighted by Crippen LogP contribution is -2.55. The lowest BCUT2D eigenvalue weighted by atomic mass is 9.79. The molecule has 0 radical (unpaired) electrons. The van der Waals surface area contributed by atoms with E-state index in [1.165, 1.54) is 25.8 Å². The Bertz CT molecular complexity index is 325. The Balaban J connectivity index is 1.79. The van der Waals surface area contributed by atoms with E-state index in [0.29, 0.717) is 0 Å². The SMILES string of the molecule is CC1CCC1N1CCCC(NC(=O)OC(C)(C)C)C1. The molecule has 1 aliphatic heterocycles. The zero-order chi connectivity index (χ0) is 14.0. The van der Waals surface area contributed by atoms with Gasteiger partial charge in [-0.05, 0) is 58.9 Å². The van der Waals surface area contributed by atoms with Gasteiger partial charge >= 0.3 is 6.09 Å². The van der Waals surface area contributed by atoms with Crippen molar-refractivity contribution in [1.29, 1.82) is 0 Å². The third-order valence-corrected chi connectivity index (χ3v) is 4.22. The molecule has 1 aliphatic carbocycles. The van der Waals surface area contributed by atoms with Crippen molar-refractivity contribution in [2.75, 3.05) is 13.1 Å². The summed E-state index contributed by atoms with van der Waals surface area (Å²) in [5.41, 5.74) is -0.416. The van der Waals surface area contributed by atoms with Crippen molar-refractivity contribution in [3.63, 3.8) is 0 Å². The maximum Gasteiger partial charge on any atom is 0.407 e. The number of likely N-dealkylation sites (tertiary alicyclic amines) is 1. The summed E-state index contributed by atoms with van der Waals surface area (Å²) in [6, 6.07) is 0.986. The third kappa shape index (κ3) is 4.10. The van der Waals surface area contributed by atoms with Crippen molar-refractivity contribution < 1.29 is 9.53 Å². The third-order valence-electron chi connectivity index (χ3n) is 4.22. The van der Waals surface area contributed by atoms with E-state index >= 15 is 0 Å². The Kier molecular flexibility index (Phi) is 4.39. The van der Waals surface area contributed by atoms with Crippen molar-refractivity contribution in [3.05, 3.63) is 0 Å². The fourth-order valence-corrected chi connectivity index (χ4v) is 3.09. The minimum Gasteiger partial charge on any atom is -0.444 e. The van der Waals surface area contributed by atoms with Crippen molar-refractivity contribution in [2.45, 2.75) is 71.1 Å². The fourth-order valence-electron chi connectivity index (χ4n) is 3.09. The minimum absolute atomic E-state index is 0.247. The first-order valence-corrected chi connectivity index (χ1v) is 7.59. The second-order valence-electron chi connectivity index (χ2n) is 7.10. The van der Waals surface area contributed by atoms with E-state index in [2.05, 4.69) is 17.1 Å². The number of carbonyl (C=O) groups excluding carboxylic acids is 1. The molecule has 0 bridgehead atoms. The molecule has 1 saturated carbocycles. The Morgan fingerprint density at radius 2 is 2.00 bits per heavy atom. The van der Waals surface area contributed by atoms with Crippen LogP contribution in [0.5, 0.6) is 0 Å². The molecule has 1 saturated heterocycles. The number of hydrogen-bond donors (Lipinski definition) is 1. The van der Waals surface area contributed by atoms with Crippen LogP contribution in [0.25, 0.3) is 0 Å². The molecular formula is C15H28N2O2. The average molecular weight is 268 g/mol. The van der Waals surface area contributed by atoms with Gasteiger partial charge < -0.3 is 10.1 Å². The molecule has 3 unspecified atom stereocenters. The first kappa shape index (κ1) is 14.6. The van der Waals surface area contributed by atoms with Crippen LogP contribution >= 0.6 is 0 Å². The van der Waals surface area contributed by atoms with E-state index in [4.69, 9.17) is 4.74 Å². The van der Waals surface area contributed by atoms with Crippen molar-refractivity contribution in [2.24, 2.45) is 5.92 Å². The van der Waals surface area contributed by atoms with Crippen LogP contribution in [0.3, 0.4) is 0 Å². The summed E-state index contributed by atoms with van der Waals surface area (Å²) in [7, 11) is 0. The zero-order valence-corrected chi connectivity index (χ0v) is 12.7. The quantitative estimate of drug-likeness (QED) is 0.837. The number of piperidine rings is 1. The summed E-state index contributed by atoms with van der Waals surface area (Å²) in [6.07, 6.45) is 4.63. The first-order valence-electron chi connectivity index (χ1n) is 7.59. The first-order chi connectivity index (χ1) is 8.85. The highest BCUT2D eigenvalue weighted by molar-refractivity contribution is 5.68. The van der Waals surface area contributed by atoms with Gasteiger partial charge in [-0.15, -0.1) is 0 Å². The normalized spacial score (nSPS) is 32.5. The molecule has 4 heteroatoms. The van der Waals surface area contributed by atoms with Crippen LogP contribution in [0.15, 0.2) is 0 Å². The highest BCUT2D eigenvalue weighted by Crippen LogP contribution is 2.33. The summed E-state index contributed by atoms with van der Waals surface area (Å²) in [5.74, 6) is 0.820. The van der Waals surface area contributed by atoms with Crippen molar-refractivity contribution >= 4 is 6.09 Å². The number of amides is 1. The van der Waals surface area contributed by atoms with E-state index in [1.54, 1.807) is 0 Å². The Hall–Kier alpha value is -0.770. The van der Waals surface area contributed by atoms with E-state index < -0.39 is 5.60 Å². The molecule has 0 aromatic heterocycles. The number of nitrogens with one attached hydrogen (secondary N) is 1. The molecule has 1 heterocycles. The molecule has 110 valence electrons. The van der Waals surface area contributed by atoms with Gasteiger partial charge in [-0.2, -0.15) is 0 Å². The van der Waals surface area contributed by atoms with Crippen LogP contribution in [0.4, 0.5) is 4.79 Å². The van der Waals surface area contributed by atoms with E-state index in [0.717, 1.165) is 24.9 Å². The summed E-state index contributed by atoms with van der Waals surface area (Å²) < 4.78 is 5.33. The Morgan fingerprint density at radius 3 is 2.53 bits per heavy atom. The summed E-state index contributed by atoms with van der Waals surface area (Å²) >= 11 is 0. The fraction of sp³-hybridized carbons (Fsp3) is 0.933. The molecule has 3 atom stereocenters. The van der Waals surface area contributed by atoms with Gasteiger partial charge in [0.25, 0.3) is 0 Å². The molecule has 2 aliphatic rings. The van der Waals surface area contributed by atoms with Gasteiger partial charge in [0.15, 0.2) is 0 Å². The number of carbonyl (C=O) groups is 1. The number of hydrogen-bond acceptors (Lipinski definition) is 3. The lowest BCUT2D eigenvalue weighted by Gasteiger charge is -2.46. The number of alkyl carbamates (subject to hydrolysis) is 1. The van der Waals surface area contributed by atoms with E-state index in [-0.39, 0.29) is 12.1 Å². The summed E-state index contributed by atoms with van der Waals surface area (Å²) in [6.45, 7) is 10.2.